The third kappa shape index (κ3) is 6.12. The van der Waals surface area contributed by atoms with Crippen LogP contribution in [0.25, 0.3) is 0 Å². The molecular weight excluding hydrogens is 276 g/mol. The molecule has 1 aliphatic heterocycles. The summed E-state index contributed by atoms with van der Waals surface area (Å²) < 4.78 is 46.2. The van der Waals surface area contributed by atoms with Gasteiger partial charge in [-0.05, 0) is 25.3 Å². The van der Waals surface area contributed by atoms with E-state index in [0.29, 0.717) is 26.2 Å². The van der Waals surface area contributed by atoms with Gasteiger partial charge in [-0.15, -0.1) is 0 Å². The first kappa shape index (κ1) is 15.9. The van der Waals surface area contributed by atoms with Crippen molar-refractivity contribution in [2.45, 2.75) is 12.8 Å². The third-order valence-corrected chi connectivity index (χ3v) is 5.25. The van der Waals surface area contributed by atoms with E-state index < -0.39 is 19.9 Å². The molecule has 8 heteroatoms. The van der Waals surface area contributed by atoms with Crippen LogP contribution >= 0.6 is 0 Å². The van der Waals surface area contributed by atoms with Crippen molar-refractivity contribution < 1.29 is 16.8 Å². The van der Waals surface area contributed by atoms with Gasteiger partial charge in [0.05, 0.1) is 12.0 Å². The summed E-state index contributed by atoms with van der Waals surface area (Å²) in [4.78, 5) is 0. The Kier molecular flexibility index (Phi) is 5.57. The number of sulfone groups is 1. The number of nitrogens with zero attached hydrogens (tertiary/aromatic N) is 1. The normalized spacial score (nSPS) is 23.1. The van der Waals surface area contributed by atoms with E-state index in [9.17, 15) is 16.8 Å². The van der Waals surface area contributed by atoms with Crippen LogP contribution in [0.5, 0.6) is 0 Å². The van der Waals surface area contributed by atoms with Crippen molar-refractivity contribution in [3.63, 3.8) is 0 Å². The Labute approximate surface area is 110 Å². The van der Waals surface area contributed by atoms with E-state index in [0.717, 1.165) is 12.8 Å². The van der Waals surface area contributed by atoms with Crippen molar-refractivity contribution in [2.75, 3.05) is 44.4 Å². The molecule has 0 aromatic carbocycles. The fraction of sp³-hybridized carbons (Fsp3) is 1.00. The van der Waals surface area contributed by atoms with Crippen LogP contribution in [0.1, 0.15) is 12.8 Å². The summed E-state index contributed by atoms with van der Waals surface area (Å²) in [5, 5.41) is 3.08. The maximum atomic E-state index is 11.4. The number of rotatable bonds is 6. The molecule has 1 fully saturated rings. The molecule has 0 aromatic heterocycles. The van der Waals surface area contributed by atoms with Crippen LogP contribution in [0.15, 0.2) is 0 Å². The number of hydrogen-bond donors (Lipinski definition) is 1. The molecule has 0 saturated carbocycles. The Hall–Kier alpha value is -0.180. The molecule has 1 N–H and O–H groups in total. The van der Waals surface area contributed by atoms with Gasteiger partial charge in [0, 0.05) is 25.9 Å². The van der Waals surface area contributed by atoms with Crippen molar-refractivity contribution in [1.82, 2.24) is 9.62 Å². The first-order valence-corrected chi connectivity index (χ1v) is 9.93. The van der Waals surface area contributed by atoms with E-state index in [1.54, 1.807) is 0 Å². The number of hydrogen-bond acceptors (Lipinski definition) is 5. The van der Waals surface area contributed by atoms with E-state index in [2.05, 4.69) is 5.32 Å². The molecule has 0 spiro atoms. The van der Waals surface area contributed by atoms with Crippen molar-refractivity contribution in [2.24, 2.45) is 5.92 Å². The Balaban J connectivity index is 2.31. The topological polar surface area (TPSA) is 83.6 Å². The molecule has 0 bridgehead atoms. The zero-order chi connectivity index (χ0) is 13.8. The third-order valence-electron chi connectivity index (χ3n) is 3.03. The van der Waals surface area contributed by atoms with Gasteiger partial charge in [-0.1, -0.05) is 0 Å². The van der Waals surface area contributed by atoms with Gasteiger partial charge < -0.3 is 5.32 Å². The first-order chi connectivity index (χ1) is 8.18. The lowest BCUT2D eigenvalue weighted by Gasteiger charge is -2.31. The van der Waals surface area contributed by atoms with Crippen molar-refractivity contribution in [1.29, 1.82) is 0 Å². The van der Waals surface area contributed by atoms with E-state index in [4.69, 9.17) is 0 Å². The van der Waals surface area contributed by atoms with E-state index >= 15 is 0 Å². The standard InChI is InChI=1S/C10H22N2O4S2/c1-17(13,14)7-5-11-8-10-4-3-6-12(9-10)18(2,15)16/h10-11H,3-9H2,1-2H3. The zero-order valence-electron chi connectivity index (χ0n) is 10.9. The highest BCUT2D eigenvalue weighted by Crippen LogP contribution is 2.17. The van der Waals surface area contributed by atoms with Crippen LogP contribution in [-0.4, -0.2) is 65.6 Å². The summed E-state index contributed by atoms with van der Waals surface area (Å²) in [6.45, 7) is 2.22. The Morgan fingerprint density at radius 3 is 2.44 bits per heavy atom. The van der Waals surface area contributed by atoms with Gasteiger partial charge in [-0.2, -0.15) is 0 Å². The minimum Gasteiger partial charge on any atom is -0.315 e. The fourth-order valence-corrected chi connectivity index (χ4v) is 3.52. The summed E-state index contributed by atoms with van der Waals surface area (Å²) in [5.74, 6) is 0.392. The number of sulfonamides is 1. The van der Waals surface area contributed by atoms with Gasteiger partial charge in [0.1, 0.15) is 9.84 Å². The second-order valence-corrected chi connectivity index (χ2v) is 9.21. The van der Waals surface area contributed by atoms with Crippen molar-refractivity contribution in [3.8, 4) is 0 Å². The van der Waals surface area contributed by atoms with Crippen LogP contribution < -0.4 is 5.32 Å². The lowest BCUT2D eigenvalue weighted by Crippen LogP contribution is -2.42. The molecule has 0 aliphatic carbocycles. The molecular formula is C10H22N2O4S2. The molecule has 18 heavy (non-hydrogen) atoms. The van der Waals surface area contributed by atoms with E-state index in [1.165, 1.54) is 16.8 Å². The molecule has 1 aliphatic rings. The predicted octanol–water partition coefficient (Wildman–Crippen LogP) is -0.708. The smallest absolute Gasteiger partial charge is 0.211 e. The molecule has 1 rings (SSSR count). The summed E-state index contributed by atoms with van der Waals surface area (Å²) >= 11 is 0. The van der Waals surface area contributed by atoms with Gasteiger partial charge in [0.25, 0.3) is 0 Å². The minimum atomic E-state index is -3.10. The number of nitrogens with one attached hydrogen (secondary N) is 1. The van der Waals surface area contributed by atoms with Gasteiger partial charge in [0.2, 0.25) is 10.0 Å². The van der Waals surface area contributed by atoms with E-state index in [-0.39, 0.29) is 11.7 Å². The monoisotopic (exact) mass is 298 g/mol. The molecule has 1 unspecified atom stereocenters. The van der Waals surface area contributed by atoms with Crippen LogP contribution in [0.2, 0.25) is 0 Å². The van der Waals surface area contributed by atoms with Crippen LogP contribution in [0.4, 0.5) is 0 Å². The Bertz CT molecular complexity index is 458. The van der Waals surface area contributed by atoms with Gasteiger partial charge in [-0.25, -0.2) is 21.1 Å². The second kappa shape index (κ2) is 6.31. The van der Waals surface area contributed by atoms with Crippen LogP contribution in [0, 0.1) is 5.92 Å². The molecule has 1 atom stereocenters. The Morgan fingerprint density at radius 1 is 1.22 bits per heavy atom. The van der Waals surface area contributed by atoms with Gasteiger partial charge in [-0.3, -0.25) is 0 Å². The van der Waals surface area contributed by atoms with E-state index in [1.807, 2.05) is 0 Å². The molecule has 1 heterocycles. The van der Waals surface area contributed by atoms with Crippen LogP contribution in [0.3, 0.4) is 0 Å². The Morgan fingerprint density at radius 2 is 1.89 bits per heavy atom. The van der Waals surface area contributed by atoms with Gasteiger partial charge in [0.15, 0.2) is 0 Å². The van der Waals surface area contributed by atoms with Crippen molar-refractivity contribution in [3.05, 3.63) is 0 Å². The maximum Gasteiger partial charge on any atom is 0.211 e. The quantitative estimate of drug-likeness (QED) is 0.655. The average molecular weight is 298 g/mol. The molecule has 0 radical (unpaired) electrons. The van der Waals surface area contributed by atoms with Gasteiger partial charge >= 0.3 is 0 Å². The van der Waals surface area contributed by atoms with Crippen LogP contribution in [-0.2, 0) is 19.9 Å². The second-order valence-electron chi connectivity index (χ2n) is 4.96. The maximum absolute atomic E-state index is 11.4. The first-order valence-electron chi connectivity index (χ1n) is 6.02. The predicted molar refractivity (Wildman–Crippen MR) is 71.7 cm³/mol. The molecule has 0 aromatic rings. The lowest BCUT2D eigenvalue weighted by atomic mass is 10.00. The zero-order valence-corrected chi connectivity index (χ0v) is 12.6. The lowest BCUT2D eigenvalue weighted by molar-refractivity contribution is 0.262. The molecule has 108 valence electrons. The molecule has 1 saturated heterocycles. The summed E-state index contributed by atoms with van der Waals surface area (Å²) in [7, 11) is -6.03. The summed E-state index contributed by atoms with van der Waals surface area (Å²) in [6, 6.07) is 0. The highest BCUT2D eigenvalue weighted by molar-refractivity contribution is 7.90. The fourth-order valence-electron chi connectivity index (χ4n) is 2.06. The molecule has 6 nitrogen and oxygen atoms in total. The highest BCUT2D eigenvalue weighted by Gasteiger charge is 2.25. The minimum absolute atomic E-state index is 0.121. The summed E-state index contributed by atoms with van der Waals surface area (Å²) in [5.41, 5.74) is 0. The number of piperidine rings is 1. The largest absolute Gasteiger partial charge is 0.315 e. The average Bonchev–Trinajstić information content (AvgIpc) is 2.22. The molecule has 0 amide bonds. The highest BCUT2D eigenvalue weighted by atomic mass is 32.2. The van der Waals surface area contributed by atoms with Crippen molar-refractivity contribution >= 4 is 19.9 Å². The summed E-state index contributed by atoms with van der Waals surface area (Å²) in [6.07, 6.45) is 4.29. The SMILES string of the molecule is CS(=O)(=O)CCNCC1CCCN(S(C)(=O)=O)C1.